The van der Waals surface area contributed by atoms with Gasteiger partial charge in [-0.05, 0) is 24.6 Å². The first-order valence-corrected chi connectivity index (χ1v) is 5.96. The number of amidine groups is 1. The van der Waals surface area contributed by atoms with E-state index < -0.39 is 0 Å². The standard InChI is InChI=1S/C10H13BrClN3O/c11-7-3-4-8(12)9(6-7)14-5-1-2-10(13)15-16/h3-4,6,14,16H,1-2,5H2,(H2,13,15). The smallest absolute Gasteiger partial charge is 0.139 e. The van der Waals surface area contributed by atoms with Gasteiger partial charge in [0.2, 0.25) is 0 Å². The molecule has 1 rings (SSSR count). The van der Waals surface area contributed by atoms with Crippen molar-refractivity contribution in [2.45, 2.75) is 12.8 Å². The number of anilines is 1. The number of hydrogen-bond donors (Lipinski definition) is 3. The normalized spacial score (nSPS) is 11.5. The molecule has 4 nitrogen and oxygen atoms in total. The molecule has 0 amide bonds. The van der Waals surface area contributed by atoms with Gasteiger partial charge >= 0.3 is 0 Å². The van der Waals surface area contributed by atoms with Crippen molar-refractivity contribution in [3.05, 3.63) is 27.7 Å². The number of nitrogens with one attached hydrogen (secondary N) is 1. The minimum Gasteiger partial charge on any atom is -0.409 e. The fourth-order valence-corrected chi connectivity index (χ4v) is 1.72. The van der Waals surface area contributed by atoms with Crippen LogP contribution in [0, 0.1) is 0 Å². The molecule has 0 spiro atoms. The summed E-state index contributed by atoms with van der Waals surface area (Å²) in [5.74, 6) is 0.238. The molecule has 0 atom stereocenters. The molecule has 6 heteroatoms. The molecule has 0 bridgehead atoms. The molecular weight excluding hydrogens is 293 g/mol. The Morgan fingerprint density at radius 3 is 3.00 bits per heavy atom. The van der Waals surface area contributed by atoms with Crippen molar-refractivity contribution in [3.63, 3.8) is 0 Å². The summed E-state index contributed by atoms with van der Waals surface area (Å²) in [7, 11) is 0. The Hall–Kier alpha value is -0.940. The highest BCUT2D eigenvalue weighted by Crippen LogP contribution is 2.25. The van der Waals surface area contributed by atoms with Crippen molar-refractivity contribution in [2.24, 2.45) is 10.9 Å². The van der Waals surface area contributed by atoms with Gasteiger partial charge < -0.3 is 16.3 Å². The van der Waals surface area contributed by atoms with Gasteiger partial charge in [-0.15, -0.1) is 0 Å². The number of nitrogens with zero attached hydrogens (tertiary/aromatic N) is 1. The number of halogens is 2. The maximum absolute atomic E-state index is 8.35. The van der Waals surface area contributed by atoms with Crippen LogP contribution in [0.5, 0.6) is 0 Å². The van der Waals surface area contributed by atoms with Gasteiger partial charge in [-0.1, -0.05) is 32.7 Å². The summed E-state index contributed by atoms with van der Waals surface area (Å²) >= 11 is 9.36. The largest absolute Gasteiger partial charge is 0.409 e. The Bertz CT molecular complexity index is 384. The average Bonchev–Trinajstić information content (AvgIpc) is 2.28. The van der Waals surface area contributed by atoms with Crippen LogP contribution in [-0.2, 0) is 0 Å². The first-order chi connectivity index (χ1) is 7.63. The van der Waals surface area contributed by atoms with Gasteiger partial charge in [0.15, 0.2) is 0 Å². The predicted octanol–water partition coefficient (Wildman–Crippen LogP) is 3.04. The van der Waals surface area contributed by atoms with Crippen molar-refractivity contribution < 1.29 is 5.21 Å². The third kappa shape index (κ3) is 4.28. The van der Waals surface area contributed by atoms with Gasteiger partial charge in [0, 0.05) is 17.4 Å². The maximum Gasteiger partial charge on any atom is 0.139 e. The molecule has 88 valence electrons. The maximum atomic E-state index is 8.35. The summed E-state index contributed by atoms with van der Waals surface area (Å²) in [4.78, 5) is 0. The van der Waals surface area contributed by atoms with Crippen molar-refractivity contribution >= 4 is 39.1 Å². The summed E-state index contributed by atoms with van der Waals surface area (Å²) in [5.41, 5.74) is 6.22. The highest BCUT2D eigenvalue weighted by atomic mass is 79.9. The Morgan fingerprint density at radius 2 is 2.31 bits per heavy atom. The Kier molecular flexibility index (Phi) is 5.42. The predicted molar refractivity (Wildman–Crippen MR) is 70.3 cm³/mol. The fourth-order valence-electron chi connectivity index (χ4n) is 1.18. The van der Waals surface area contributed by atoms with E-state index in [0.29, 0.717) is 18.0 Å². The van der Waals surface area contributed by atoms with Crippen molar-refractivity contribution in [1.29, 1.82) is 0 Å². The Morgan fingerprint density at radius 1 is 1.56 bits per heavy atom. The first-order valence-electron chi connectivity index (χ1n) is 4.79. The average molecular weight is 307 g/mol. The topological polar surface area (TPSA) is 70.6 Å². The zero-order valence-electron chi connectivity index (χ0n) is 8.58. The Labute approximate surface area is 108 Å². The van der Waals surface area contributed by atoms with Crippen molar-refractivity contribution in [1.82, 2.24) is 0 Å². The molecule has 1 aromatic carbocycles. The van der Waals surface area contributed by atoms with E-state index in [1.807, 2.05) is 18.2 Å². The molecule has 0 heterocycles. The minimum atomic E-state index is 0.238. The molecule has 0 unspecified atom stereocenters. The number of rotatable bonds is 5. The molecule has 4 N–H and O–H groups in total. The summed E-state index contributed by atoms with van der Waals surface area (Å²) in [6.07, 6.45) is 1.33. The van der Waals surface area contributed by atoms with Crippen LogP contribution in [0.15, 0.2) is 27.8 Å². The van der Waals surface area contributed by atoms with Crippen LogP contribution in [0.1, 0.15) is 12.8 Å². The third-order valence-corrected chi connectivity index (χ3v) is 2.80. The van der Waals surface area contributed by atoms with Crippen LogP contribution in [-0.4, -0.2) is 17.6 Å². The number of hydrogen-bond acceptors (Lipinski definition) is 3. The lowest BCUT2D eigenvalue weighted by atomic mass is 10.2. The second kappa shape index (κ2) is 6.60. The number of nitrogens with two attached hydrogens (primary N) is 1. The van der Waals surface area contributed by atoms with Gasteiger partial charge in [0.25, 0.3) is 0 Å². The van der Waals surface area contributed by atoms with Gasteiger partial charge in [-0.25, -0.2) is 0 Å². The molecular formula is C10H13BrClN3O. The van der Waals surface area contributed by atoms with Crippen LogP contribution >= 0.6 is 27.5 Å². The van der Waals surface area contributed by atoms with E-state index in [4.69, 9.17) is 22.5 Å². The summed E-state index contributed by atoms with van der Waals surface area (Å²) in [6.45, 7) is 0.715. The lowest BCUT2D eigenvalue weighted by molar-refractivity contribution is 0.316. The van der Waals surface area contributed by atoms with Crippen molar-refractivity contribution in [3.8, 4) is 0 Å². The third-order valence-electron chi connectivity index (χ3n) is 1.98. The van der Waals surface area contributed by atoms with Crippen LogP contribution < -0.4 is 11.1 Å². The van der Waals surface area contributed by atoms with E-state index in [0.717, 1.165) is 16.6 Å². The molecule has 0 aliphatic rings. The highest BCUT2D eigenvalue weighted by Gasteiger charge is 2.00. The summed E-state index contributed by atoms with van der Waals surface area (Å²) in [5, 5.41) is 15.1. The second-order valence-corrected chi connectivity index (χ2v) is 4.57. The lowest BCUT2D eigenvalue weighted by Crippen LogP contribution is -2.13. The van der Waals surface area contributed by atoms with Gasteiger partial charge in [0.1, 0.15) is 5.84 Å². The summed E-state index contributed by atoms with van der Waals surface area (Å²) in [6, 6.07) is 5.60. The molecule has 0 aliphatic carbocycles. The molecule has 0 fully saturated rings. The van der Waals surface area contributed by atoms with Crippen LogP contribution in [0.4, 0.5) is 5.69 Å². The second-order valence-electron chi connectivity index (χ2n) is 3.25. The van der Waals surface area contributed by atoms with Gasteiger partial charge in [0.05, 0.1) is 10.7 Å². The van der Waals surface area contributed by atoms with Crippen LogP contribution in [0.25, 0.3) is 0 Å². The lowest BCUT2D eigenvalue weighted by Gasteiger charge is -2.08. The van der Waals surface area contributed by atoms with E-state index in [9.17, 15) is 0 Å². The summed E-state index contributed by atoms with van der Waals surface area (Å²) < 4.78 is 0.968. The van der Waals surface area contributed by atoms with Crippen molar-refractivity contribution in [2.75, 3.05) is 11.9 Å². The van der Waals surface area contributed by atoms with E-state index in [-0.39, 0.29) is 5.84 Å². The van der Waals surface area contributed by atoms with E-state index in [1.54, 1.807) is 0 Å². The molecule has 0 saturated carbocycles. The first kappa shape index (κ1) is 13.1. The molecule has 0 saturated heterocycles. The molecule has 16 heavy (non-hydrogen) atoms. The van der Waals surface area contributed by atoms with Gasteiger partial charge in [-0.2, -0.15) is 0 Å². The fraction of sp³-hybridized carbons (Fsp3) is 0.300. The van der Waals surface area contributed by atoms with Gasteiger partial charge in [-0.3, -0.25) is 0 Å². The monoisotopic (exact) mass is 305 g/mol. The molecule has 1 aromatic rings. The van der Waals surface area contributed by atoms with Crippen LogP contribution in [0.2, 0.25) is 5.02 Å². The number of oxime groups is 1. The highest BCUT2D eigenvalue weighted by molar-refractivity contribution is 9.10. The molecule has 0 radical (unpaired) electrons. The van der Waals surface area contributed by atoms with E-state index in [1.165, 1.54) is 0 Å². The van der Waals surface area contributed by atoms with E-state index >= 15 is 0 Å². The number of benzene rings is 1. The zero-order chi connectivity index (χ0) is 12.0. The van der Waals surface area contributed by atoms with Crippen LogP contribution in [0.3, 0.4) is 0 Å². The Balaban J connectivity index is 2.40. The molecule has 0 aliphatic heterocycles. The zero-order valence-corrected chi connectivity index (χ0v) is 10.9. The molecule has 0 aromatic heterocycles. The minimum absolute atomic E-state index is 0.238. The SMILES string of the molecule is NC(CCCNc1cc(Br)ccc1Cl)=NO. The van der Waals surface area contributed by atoms with E-state index in [2.05, 4.69) is 26.4 Å². The quantitative estimate of drug-likeness (QED) is 0.257.